The van der Waals surface area contributed by atoms with E-state index in [0.717, 1.165) is 18.8 Å². The van der Waals surface area contributed by atoms with Crippen molar-refractivity contribution in [2.45, 2.75) is 18.9 Å². The third kappa shape index (κ3) is 4.41. The summed E-state index contributed by atoms with van der Waals surface area (Å²) in [6, 6.07) is 13.8. The van der Waals surface area contributed by atoms with Crippen molar-refractivity contribution < 1.29 is 14.4 Å². The number of nitrogens with zero attached hydrogens (tertiary/aromatic N) is 2. The zero-order valence-corrected chi connectivity index (χ0v) is 17.2. The SMILES string of the molecule is O=C1NC(CCC(=O)N2CCN(c3ccc(Cl)cc3)CC2)C(=O)Nc2ccccc21. The van der Waals surface area contributed by atoms with Gasteiger partial charge in [-0.1, -0.05) is 23.7 Å². The second-order valence-corrected chi connectivity index (χ2v) is 7.88. The van der Waals surface area contributed by atoms with Crippen LogP contribution in [-0.2, 0) is 9.59 Å². The quantitative estimate of drug-likeness (QED) is 0.787. The van der Waals surface area contributed by atoms with Crippen LogP contribution in [0.5, 0.6) is 0 Å². The monoisotopic (exact) mass is 426 g/mol. The van der Waals surface area contributed by atoms with Gasteiger partial charge in [-0.05, 0) is 42.8 Å². The van der Waals surface area contributed by atoms with Crippen molar-refractivity contribution in [3.05, 3.63) is 59.1 Å². The zero-order valence-electron chi connectivity index (χ0n) is 16.4. The molecule has 2 aromatic rings. The molecular weight excluding hydrogens is 404 g/mol. The van der Waals surface area contributed by atoms with Gasteiger partial charge in [-0.3, -0.25) is 14.4 Å². The van der Waals surface area contributed by atoms with E-state index in [9.17, 15) is 14.4 Å². The molecular formula is C22H23ClN4O3. The fourth-order valence-corrected chi connectivity index (χ4v) is 3.93. The normalized spacial score (nSPS) is 18.9. The maximum atomic E-state index is 12.7. The Morgan fingerprint density at radius 1 is 1.00 bits per heavy atom. The lowest BCUT2D eigenvalue weighted by atomic mass is 10.1. The van der Waals surface area contributed by atoms with Gasteiger partial charge in [-0.15, -0.1) is 0 Å². The summed E-state index contributed by atoms with van der Waals surface area (Å²) < 4.78 is 0. The van der Waals surface area contributed by atoms with Gasteiger partial charge in [0.2, 0.25) is 11.8 Å². The summed E-state index contributed by atoms with van der Waals surface area (Å²) in [5.41, 5.74) is 2.01. The van der Waals surface area contributed by atoms with Gasteiger partial charge in [-0.25, -0.2) is 0 Å². The van der Waals surface area contributed by atoms with Crippen LogP contribution < -0.4 is 15.5 Å². The first kappa shape index (κ1) is 20.2. The first-order valence-corrected chi connectivity index (χ1v) is 10.4. The number of anilines is 2. The average Bonchev–Trinajstić information content (AvgIpc) is 2.88. The Balaban J connectivity index is 1.29. The highest BCUT2D eigenvalue weighted by Crippen LogP contribution is 2.21. The number of carbonyl (C=O) groups is 3. The van der Waals surface area contributed by atoms with Crippen LogP contribution >= 0.6 is 11.6 Å². The summed E-state index contributed by atoms with van der Waals surface area (Å²) in [4.78, 5) is 41.6. The summed E-state index contributed by atoms with van der Waals surface area (Å²) in [7, 11) is 0. The molecule has 1 fully saturated rings. The molecule has 2 aromatic carbocycles. The summed E-state index contributed by atoms with van der Waals surface area (Å²) in [6.45, 7) is 2.72. The lowest BCUT2D eigenvalue weighted by Gasteiger charge is -2.36. The van der Waals surface area contributed by atoms with E-state index in [1.165, 1.54) is 0 Å². The second-order valence-electron chi connectivity index (χ2n) is 7.44. The highest BCUT2D eigenvalue weighted by molar-refractivity contribution is 6.30. The van der Waals surface area contributed by atoms with Crippen molar-refractivity contribution in [2.24, 2.45) is 0 Å². The fraction of sp³-hybridized carbons (Fsp3) is 0.318. The van der Waals surface area contributed by atoms with Gasteiger partial charge in [0, 0.05) is 43.3 Å². The number of para-hydroxylation sites is 1. The van der Waals surface area contributed by atoms with Gasteiger partial charge in [0.15, 0.2) is 0 Å². The minimum atomic E-state index is -0.732. The largest absolute Gasteiger partial charge is 0.368 e. The number of benzene rings is 2. The van der Waals surface area contributed by atoms with Gasteiger partial charge < -0.3 is 20.4 Å². The van der Waals surface area contributed by atoms with E-state index >= 15 is 0 Å². The van der Waals surface area contributed by atoms with Gasteiger partial charge >= 0.3 is 0 Å². The predicted molar refractivity (Wildman–Crippen MR) is 116 cm³/mol. The van der Waals surface area contributed by atoms with Crippen LogP contribution in [0.25, 0.3) is 0 Å². The smallest absolute Gasteiger partial charge is 0.254 e. The number of piperazine rings is 1. The molecule has 2 heterocycles. The molecule has 4 rings (SSSR count). The summed E-state index contributed by atoms with van der Waals surface area (Å²) in [6.07, 6.45) is 0.470. The van der Waals surface area contributed by atoms with Crippen LogP contribution in [0.3, 0.4) is 0 Å². The number of fused-ring (bicyclic) bond motifs is 1. The highest BCUT2D eigenvalue weighted by Gasteiger charge is 2.29. The van der Waals surface area contributed by atoms with E-state index in [0.29, 0.717) is 29.4 Å². The van der Waals surface area contributed by atoms with Crippen molar-refractivity contribution in [1.82, 2.24) is 10.2 Å². The zero-order chi connectivity index (χ0) is 21.1. The Morgan fingerprint density at radius 3 is 2.43 bits per heavy atom. The maximum Gasteiger partial charge on any atom is 0.254 e. The Labute approximate surface area is 180 Å². The van der Waals surface area contributed by atoms with Crippen LogP contribution in [0.15, 0.2) is 48.5 Å². The molecule has 0 aliphatic carbocycles. The third-order valence-electron chi connectivity index (χ3n) is 5.52. The second kappa shape index (κ2) is 8.75. The molecule has 0 radical (unpaired) electrons. The minimum Gasteiger partial charge on any atom is -0.368 e. The Hall–Kier alpha value is -3.06. The van der Waals surface area contributed by atoms with Gasteiger partial charge in [0.1, 0.15) is 6.04 Å². The van der Waals surface area contributed by atoms with Crippen LogP contribution in [0.2, 0.25) is 5.02 Å². The minimum absolute atomic E-state index is 0.00503. The molecule has 0 aromatic heterocycles. The summed E-state index contributed by atoms with van der Waals surface area (Å²) in [5.74, 6) is -0.610. The molecule has 1 atom stereocenters. The number of hydrogen-bond acceptors (Lipinski definition) is 4. The van der Waals surface area contributed by atoms with Crippen LogP contribution in [0.4, 0.5) is 11.4 Å². The van der Waals surface area contributed by atoms with E-state index in [2.05, 4.69) is 15.5 Å². The molecule has 1 saturated heterocycles. The van der Waals surface area contributed by atoms with E-state index in [4.69, 9.17) is 11.6 Å². The number of halogens is 1. The first-order valence-electron chi connectivity index (χ1n) is 10.0. The molecule has 0 spiro atoms. The molecule has 156 valence electrons. The fourth-order valence-electron chi connectivity index (χ4n) is 3.81. The van der Waals surface area contributed by atoms with E-state index in [1.54, 1.807) is 24.3 Å². The lowest BCUT2D eigenvalue weighted by Crippen LogP contribution is -2.49. The molecule has 2 aliphatic heterocycles. The van der Waals surface area contributed by atoms with Gasteiger partial charge in [0.05, 0.1) is 11.3 Å². The number of carbonyl (C=O) groups excluding carboxylic acids is 3. The van der Waals surface area contributed by atoms with Gasteiger partial charge in [0.25, 0.3) is 5.91 Å². The van der Waals surface area contributed by atoms with E-state index < -0.39 is 6.04 Å². The van der Waals surface area contributed by atoms with Crippen molar-refractivity contribution in [2.75, 3.05) is 36.4 Å². The molecule has 0 saturated carbocycles. The van der Waals surface area contributed by atoms with E-state index in [1.807, 2.05) is 29.2 Å². The highest BCUT2D eigenvalue weighted by atomic mass is 35.5. The molecule has 2 N–H and O–H groups in total. The summed E-state index contributed by atoms with van der Waals surface area (Å²) >= 11 is 5.94. The molecule has 1 unspecified atom stereocenters. The standard InChI is InChI=1S/C22H23ClN4O3/c23-15-5-7-16(8-6-15)26-11-13-27(14-12-26)20(28)10-9-19-22(30)24-18-4-2-1-3-17(18)21(29)25-19/h1-8,19H,9-14H2,(H,24,30)(H,25,29). The molecule has 30 heavy (non-hydrogen) atoms. The Bertz CT molecular complexity index is 955. The van der Waals surface area contributed by atoms with Crippen LogP contribution in [0.1, 0.15) is 23.2 Å². The molecule has 0 bridgehead atoms. The summed E-state index contributed by atoms with van der Waals surface area (Å²) in [5, 5.41) is 6.21. The van der Waals surface area contributed by atoms with Crippen molar-refractivity contribution in [3.8, 4) is 0 Å². The average molecular weight is 427 g/mol. The Morgan fingerprint density at radius 2 is 1.70 bits per heavy atom. The Kier molecular flexibility index (Phi) is 5.90. The van der Waals surface area contributed by atoms with Gasteiger partial charge in [-0.2, -0.15) is 0 Å². The van der Waals surface area contributed by atoms with Crippen LogP contribution in [-0.4, -0.2) is 54.8 Å². The first-order chi connectivity index (χ1) is 14.5. The number of rotatable bonds is 4. The maximum absolute atomic E-state index is 12.7. The molecule has 7 nitrogen and oxygen atoms in total. The number of hydrogen-bond donors (Lipinski definition) is 2. The molecule has 2 aliphatic rings. The third-order valence-corrected chi connectivity index (χ3v) is 5.77. The van der Waals surface area contributed by atoms with Crippen LogP contribution in [0, 0.1) is 0 Å². The molecule has 3 amide bonds. The topological polar surface area (TPSA) is 81.8 Å². The number of amides is 3. The van der Waals surface area contributed by atoms with Crippen molar-refractivity contribution >= 4 is 40.7 Å². The lowest BCUT2D eigenvalue weighted by molar-refractivity contribution is -0.131. The number of nitrogens with one attached hydrogen (secondary N) is 2. The van der Waals surface area contributed by atoms with Crippen molar-refractivity contribution in [1.29, 1.82) is 0 Å². The van der Waals surface area contributed by atoms with E-state index in [-0.39, 0.29) is 30.6 Å². The molecule has 8 heteroatoms. The van der Waals surface area contributed by atoms with Crippen molar-refractivity contribution in [3.63, 3.8) is 0 Å². The predicted octanol–water partition coefficient (Wildman–Crippen LogP) is 2.52.